The summed E-state index contributed by atoms with van der Waals surface area (Å²) in [7, 11) is 0. The van der Waals surface area contributed by atoms with Crippen molar-refractivity contribution in [3.63, 3.8) is 0 Å². The third kappa shape index (κ3) is 3.40. The maximum Gasteiger partial charge on any atom is 0.203 e. The van der Waals surface area contributed by atoms with Crippen LogP contribution in [-0.2, 0) is 9.53 Å². The van der Waals surface area contributed by atoms with Gasteiger partial charge in [0, 0.05) is 6.61 Å². The van der Waals surface area contributed by atoms with Crippen molar-refractivity contribution >= 4 is 5.94 Å². The van der Waals surface area contributed by atoms with Crippen molar-refractivity contribution in [3.05, 3.63) is 5.76 Å². The van der Waals surface area contributed by atoms with E-state index in [1.54, 1.807) is 6.92 Å². The third-order valence-electron chi connectivity index (χ3n) is 0.561. The molecule has 8 heavy (non-hydrogen) atoms. The van der Waals surface area contributed by atoms with E-state index in [9.17, 15) is 4.79 Å². The minimum Gasteiger partial charge on any atom is -0.500 e. The van der Waals surface area contributed by atoms with Crippen LogP contribution in [0.4, 0.5) is 0 Å². The molecule has 0 aliphatic heterocycles. The minimum absolute atomic E-state index is 0.0278. The minimum atomic E-state index is -0.383. The SMILES string of the molecule is CCOCC(O)=C=O. The average Bonchev–Trinajstić information content (AvgIpc) is 1.83. The Bertz CT molecular complexity index is 102. The van der Waals surface area contributed by atoms with E-state index in [-0.39, 0.29) is 12.4 Å². The van der Waals surface area contributed by atoms with Crippen LogP contribution in [0, 0.1) is 0 Å². The van der Waals surface area contributed by atoms with E-state index in [1.807, 2.05) is 0 Å². The Morgan fingerprint density at radius 3 is 2.88 bits per heavy atom. The summed E-state index contributed by atoms with van der Waals surface area (Å²) in [6, 6.07) is 0. The van der Waals surface area contributed by atoms with Gasteiger partial charge in [-0.15, -0.1) is 0 Å². The lowest BCUT2D eigenvalue weighted by atomic mass is 10.6. The molecule has 1 N–H and O–H groups in total. The van der Waals surface area contributed by atoms with Gasteiger partial charge in [0.1, 0.15) is 6.61 Å². The van der Waals surface area contributed by atoms with Crippen LogP contribution in [0.2, 0.25) is 0 Å². The largest absolute Gasteiger partial charge is 0.500 e. The molecule has 0 aromatic rings. The summed E-state index contributed by atoms with van der Waals surface area (Å²) < 4.78 is 4.64. The first-order valence-electron chi connectivity index (χ1n) is 2.32. The van der Waals surface area contributed by atoms with Crippen molar-refractivity contribution in [2.24, 2.45) is 0 Å². The molecule has 0 aromatic heterocycles. The van der Waals surface area contributed by atoms with Crippen LogP contribution < -0.4 is 0 Å². The smallest absolute Gasteiger partial charge is 0.203 e. The molecule has 0 saturated carbocycles. The first-order valence-corrected chi connectivity index (χ1v) is 2.32. The lowest BCUT2D eigenvalue weighted by Gasteiger charge is -1.92. The molecule has 0 aliphatic carbocycles. The Hall–Kier alpha value is -0.790. The molecule has 0 aromatic carbocycles. The third-order valence-corrected chi connectivity index (χ3v) is 0.561. The van der Waals surface area contributed by atoms with Gasteiger partial charge in [-0.2, -0.15) is 0 Å². The van der Waals surface area contributed by atoms with Gasteiger partial charge in [0.15, 0.2) is 5.94 Å². The Morgan fingerprint density at radius 1 is 1.88 bits per heavy atom. The molecule has 0 heterocycles. The fourth-order valence-corrected chi connectivity index (χ4v) is 0.228. The average molecular weight is 116 g/mol. The number of hydrogen-bond donors (Lipinski definition) is 1. The van der Waals surface area contributed by atoms with Crippen LogP contribution >= 0.6 is 0 Å². The van der Waals surface area contributed by atoms with Gasteiger partial charge >= 0.3 is 0 Å². The van der Waals surface area contributed by atoms with Crippen molar-refractivity contribution in [2.45, 2.75) is 6.92 Å². The molecule has 0 fully saturated rings. The summed E-state index contributed by atoms with van der Waals surface area (Å²) in [6.45, 7) is 2.24. The molecule has 0 rings (SSSR count). The van der Waals surface area contributed by atoms with Crippen LogP contribution in [0.15, 0.2) is 5.76 Å². The van der Waals surface area contributed by atoms with Crippen molar-refractivity contribution in [3.8, 4) is 0 Å². The first kappa shape index (κ1) is 7.21. The normalized spacial score (nSPS) is 8.12. The van der Waals surface area contributed by atoms with Crippen LogP contribution in [0.5, 0.6) is 0 Å². The topological polar surface area (TPSA) is 46.5 Å². The summed E-state index contributed by atoms with van der Waals surface area (Å²) in [6.07, 6.45) is 0. The zero-order chi connectivity index (χ0) is 6.41. The molecule has 0 aliphatic rings. The van der Waals surface area contributed by atoms with Crippen molar-refractivity contribution in [1.82, 2.24) is 0 Å². The molecule has 0 radical (unpaired) electrons. The number of aliphatic hydroxyl groups excluding tert-OH is 1. The zero-order valence-electron chi connectivity index (χ0n) is 4.68. The van der Waals surface area contributed by atoms with Gasteiger partial charge in [0.05, 0.1) is 0 Å². The van der Waals surface area contributed by atoms with Crippen molar-refractivity contribution in [1.29, 1.82) is 0 Å². The molecule has 3 heteroatoms. The second-order valence-electron chi connectivity index (χ2n) is 1.19. The predicted molar refractivity (Wildman–Crippen MR) is 28.3 cm³/mol. The highest BCUT2D eigenvalue weighted by Gasteiger charge is 1.88. The van der Waals surface area contributed by atoms with Gasteiger partial charge in [0.2, 0.25) is 5.76 Å². The summed E-state index contributed by atoms with van der Waals surface area (Å²) in [5.74, 6) is 0.914. The molecular formula is C5H8O3. The monoisotopic (exact) mass is 116 g/mol. The van der Waals surface area contributed by atoms with Crippen molar-refractivity contribution in [2.75, 3.05) is 13.2 Å². The van der Waals surface area contributed by atoms with E-state index in [2.05, 4.69) is 4.74 Å². The Morgan fingerprint density at radius 2 is 2.50 bits per heavy atom. The molecule has 0 bridgehead atoms. The van der Waals surface area contributed by atoms with Crippen LogP contribution in [0.1, 0.15) is 6.92 Å². The standard InChI is InChI=1S/C5H8O3/c1-2-8-4-5(7)3-6/h7H,2,4H2,1H3. The molecule has 0 saturated heterocycles. The molecule has 0 atom stereocenters. The quantitative estimate of drug-likeness (QED) is 0.426. The lowest BCUT2D eigenvalue weighted by molar-refractivity contribution is 0.141. The number of carbonyl (C=O) groups excluding carboxylic acids is 1. The van der Waals surface area contributed by atoms with E-state index in [4.69, 9.17) is 5.11 Å². The van der Waals surface area contributed by atoms with E-state index < -0.39 is 0 Å². The highest BCUT2D eigenvalue weighted by molar-refractivity contribution is 5.48. The molecule has 46 valence electrons. The number of rotatable bonds is 3. The number of hydrogen-bond acceptors (Lipinski definition) is 3. The van der Waals surface area contributed by atoms with Crippen molar-refractivity contribution < 1.29 is 14.6 Å². The molecule has 0 amide bonds. The Labute approximate surface area is 47.6 Å². The molecular weight excluding hydrogens is 108 g/mol. The molecule has 0 unspecified atom stereocenters. The Balaban J connectivity index is 3.26. The second kappa shape index (κ2) is 4.37. The summed E-state index contributed by atoms with van der Waals surface area (Å²) >= 11 is 0. The van der Waals surface area contributed by atoms with Crippen LogP contribution in [-0.4, -0.2) is 24.3 Å². The first-order chi connectivity index (χ1) is 3.81. The predicted octanol–water partition coefficient (Wildman–Crippen LogP) is 0.296. The molecule has 0 spiro atoms. The lowest BCUT2D eigenvalue weighted by Crippen LogP contribution is -1.96. The van der Waals surface area contributed by atoms with Gasteiger partial charge in [-0.05, 0) is 6.92 Å². The second-order valence-corrected chi connectivity index (χ2v) is 1.19. The van der Waals surface area contributed by atoms with Crippen LogP contribution in [0.3, 0.4) is 0 Å². The zero-order valence-corrected chi connectivity index (χ0v) is 4.68. The van der Waals surface area contributed by atoms with E-state index >= 15 is 0 Å². The summed E-state index contributed by atoms with van der Waals surface area (Å²) in [4.78, 5) is 9.52. The van der Waals surface area contributed by atoms with E-state index in [1.165, 1.54) is 5.94 Å². The Kier molecular flexibility index (Phi) is 3.94. The maximum absolute atomic E-state index is 9.52. The maximum atomic E-state index is 9.52. The van der Waals surface area contributed by atoms with Gasteiger partial charge in [0.25, 0.3) is 0 Å². The van der Waals surface area contributed by atoms with Gasteiger partial charge in [-0.1, -0.05) is 0 Å². The molecule has 3 nitrogen and oxygen atoms in total. The fourth-order valence-electron chi connectivity index (χ4n) is 0.228. The van der Waals surface area contributed by atoms with E-state index in [0.717, 1.165) is 0 Å². The van der Waals surface area contributed by atoms with Crippen LogP contribution in [0.25, 0.3) is 0 Å². The highest BCUT2D eigenvalue weighted by atomic mass is 16.5. The van der Waals surface area contributed by atoms with E-state index in [0.29, 0.717) is 6.61 Å². The van der Waals surface area contributed by atoms with Gasteiger partial charge in [-0.3, -0.25) is 0 Å². The summed E-state index contributed by atoms with van der Waals surface area (Å²) in [5.41, 5.74) is 0. The van der Waals surface area contributed by atoms with Gasteiger partial charge in [-0.25, -0.2) is 4.79 Å². The highest BCUT2D eigenvalue weighted by Crippen LogP contribution is 1.80. The number of ether oxygens (including phenoxy) is 1. The van der Waals surface area contributed by atoms with Gasteiger partial charge < -0.3 is 9.84 Å². The number of aliphatic hydroxyl groups is 1. The fraction of sp³-hybridized carbons (Fsp3) is 0.600. The summed E-state index contributed by atoms with van der Waals surface area (Å²) in [5, 5.41) is 8.36.